The summed E-state index contributed by atoms with van der Waals surface area (Å²) in [5.41, 5.74) is 1.61. The van der Waals surface area contributed by atoms with Crippen molar-refractivity contribution in [2.45, 2.75) is 19.4 Å². The van der Waals surface area contributed by atoms with Gasteiger partial charge in [-0.1, -0.05) is 59.1 Å². The number of carbonyl (C=O) groups is 1. The molecule has 1 aliphatic rings. The predicted octanol–water partition coefficient (Wildman–Crippen LogP) is 7.29. The summed E-state index contributed by atoms with van der Waals surface area (Å²) in [5, 5.41) is 4.86. The number of ether oxygens (including phenoxy) is 1. The molecule has 0 aromatic heterocycles. The van der Waals surface area contributed by atoms with Gasteiger partial charge in [0.1, 0.15) is 5.75 Å². The highest BCUT2D eigenvalue weighted by Crippen LogP contribution is 2.33. The Labute approximate surface area is 203 Å². The van der Waals surface area contributed by atoms with Crippen molar-refractivity contribution >= 4 is 46.4 Å². The number of carbonyl (C=O) groups excluding carboxylic acids is 1. The van der Waals surface area contributed by atoms with Gasteiger partial charge < -0.3 is 10.1 Å². The summed E-state index contributed by atoms with van der Waals surface area (Å²) in [6.07, 6.45) is 1.54. The number of nitrogens with one attached hydrogen (secondary N) is 1. The molecule has 3 aromatic rings. The van der Waals surface area contributed by atoms with Crippen LogP contribution in [0.3, 0.4) is 0 Å². The summed E-state index contributed by atoms with van der Waals surface area (Å²) in [6.45, 7) is 2.38. The van der Waals surface area contributed by atoms with Gasteiger partial charge in [-0.2, -0.15) is 0 Å². The second kappa shape index (κ2) is 10.6. The predicted molar refractivity (Wildman–Crippen MR) is 131 cm³/mol. The van der Waals surface area contributed by atoms with Crippen LogP contribution in [0.1, 0.15) is 18.4 Å². The van der Waals surface area contributed by atoms with Crippen LogP contribution in [0.5, 0.6) is 11.5 Å². The molecule has 4 nitrogen and oxygen atoms in total. The van der Waals surface area contributed by atoms with Gasteiger partial charge in [0, 0.05) is 27.5 Å². The van der Waals surface area contributed by atoms with E-state index in [1.54, 1.807) is 24.3 Å². The van der Waals surface area contributed by atoms with Crippen LogP contribution in [0, 0.1) is 5.92 Å². The highest BCUT2D eigenvalue weighted by atomic mass is 35.5. The standard InChI is InChI=1S/C25H23Cl3N2O2/c26-19-7-6-18(22(28)14-19)16-30-12-10-17(11-13-30)25(31)29-23-15-20(27)8-9-24(23)32-21-4-2-1-3-5-21/h1-9,14-15,17H,10-13,16H2,(H,29,31). The SMILES string of the molecule is O=C(Nc1cc(Cl)ccc1Oc1ccccc1)C1CCN(Cc2ccc(Cl)cc2Cl)CC1. The van der Waals surface area contributed by atoms with E-state index >= 15 is 0 Å². The van der Waals surface area contributed by atoms with Gasteiger partial charge in [-0.15, -0.1) is 0 Å². The highest BCUT2D eigenvalue weighted by Gasteiger charge is 2.26. The first-order valence-corrected chi connectivity index (χ1v) is 11.6. The van der Waals surface area contributed by atoms with E-state index in [1.165, 1.54) is 0 Å². The third-order valence-electron chi connectivity index (χ3n) is 5.54. The average molecular weight is 490 g/mol. The fourth-order valence-electron chi connectivity index (χ4n) is 3.78. The minimum Gasteiger partial charge on any atom is -0.455 e. The minimum atomic E-state index is -0.0736. The van der Waals surface area contributed by atoms with Gasteiger partial charge in [0.15, 0.2) is 5.75 Å². The fraction of sp³-hybridized carbons (Fsp3) is 0.240. The molecule has 0 aliphatic carbocycles. The van der Waals surface area contributed by atoms with E-state index in [1.807, 2.05) is 42.5 Å². The quantitative estimate of drug-likeness (QED) is 0.395. The highest BCUT2D eigenvalue weighted by molar-refractivity contribution is 6.35. The van der Waals surface area contributed by atoms with Gasteiger partial charge >= 0.3 is 0 Å². The van der Waals surface area contributed by atoms with Crippen molar-refractivity contribution in [2.24, 2.45) is 5.92 Å². The molecule has 1 fully saturated rings. The van der Waals surface area contributed by atoms with Crippen LogP contribution in [-0.4, -0.2) is 23.9 Å². The summed E-state index contributed by atoms with van der Waals surface area (Å²) in [4.78, 5) is 15.3. The van der Waals surface area contributed by atoms with Crippen LogP contribution >= 0.6 is 34.8 Å². The Balaban J connectivity index is 1.36. The monoisotopic (exact) mass is 488 g/mol. The molecule has 166 valence electrons. The molecule has 0 radical (unpaired) electrons. The van der Waals surface area contributed by atoms with E-state index < -0.39 is 0 Å². The Hall–Kier alpha value is -2.24. The normalized spacial score (nSPS) is 14.8. The Bertz CT molecular complexity index is 1080. The minimum absolute atomic E-state index is 0.0191. The third kappa shape index (κ3) is 5.96. The molecule has 0 spiro atoms. The van der Waals surface area contributed by atoms with E-state index in [-0.39, 0.29) is 11.8 Å². The Morgan fingerprint density at radius 3 is 2.34 bits per heavy atom. The average Bonchev–Trinajstić information content (AvgIpc) is 2.79. The van der Waals surface area contributed by atoms with E-state index in [0.717, 1.165) is 38.0 Å². The number of hydrogen-bond donors (Lipinski definition) is 1. The van der Waals surface area contributed by atoms with Gasteiger partial charge in [0.05, 0.1) is 5.69 Å². The van der Waals surface area contributed by atoms with Crippen LogP contribution in [0.25, 0.3) is 0 Å². The molecule has 1 aliphatic heterocycles. The van der Waals surface area contributed by atoms with Crippen molar-refractivity contribution in [2.75, 3.05) is 18.4 Å². The van der Waals surface area contributed by atoms with Crippen molar-refractivity contribution in [3.8, 4) is 11.5 Å². The molecule has 7 heteroatoms. The first kappa shape index (κ1) is 22.9. The molecular formula is C25H23Cl3N2O2. The van der Waals surface area contributed by atoms with Crippen molar-refractivity contribution in [1.29, 1.82) is 0 Å². The molecule has 0 bridgehead atoms. The maximum absolute atomic E-state index is 13.0. The van der Waals surface area contributed by atoms with E-state index in [2.05, 4.69) is 10.2 Å². The van der Waals surface area contributed by atoms with Crippen molar-refractivity contribution in [1.82, 2.24) is 4.90 Å². The second-order valence-electron chi connectivity index (χ2n) is 7.83. The molecule has 0 atom stereocenters. The zero-order chi connectivity index (χ0) is 22.5. The number of piperidine rings is 1. The van der Waals surface area contributed by atoms with Gasteiger partial charge in [0.2, 0.25) is 5.91 Å². The zero-order valence-electron chi connectivity index (χ0n) is 17.4. The van der Waals surface area contributed by atoms with Crippen LogP contribution in [-0.2, 0) is 11.3 Å². The topological polar surface area (TPSA) is 41.6 Å². The molecule has 1 amide bonds. The number of rotatable bonds is 6. The molecule has 1 saturated heterocycles. The lowest BCUT2D eigenvalue weighted by molar-refractivity contribution is -0.121. The Morgan fingerprint density at radius 2 is 1.62 bits per heavy atom. The van der Waals surface area contributed by atoms with Crippen molar-refractivity contribution in [3.05, 3.63) is 87.4 Å². The van der Waals surface area contributed by atoms with Gasteiger partial charge in [-0.25, -0.2) is 0 Å². The first-order chi connectivity index (χ1) is 15.5. The summed E-state index contributed by atoms with van der Waals surface area (Å²) in [7, 11) is 0. The van der Waals surface area contributed by atoms with Crippen molar-refractivity contribution in [3.63, 3.8) is 0 Å². The van der Waals surface area contributed by atoms with E-state index in [4.69, 9.17) is 39.5 Å². The molecule has 4 rings (SSSR count). The largest absolute Gasteiger partial charge is 0.455 e. The summed E-state index contributed by atoms with van der Waals surface area (Å²) < 4.78 is 5.95. The summed E-state index contributed by atoms with van der Waals surface area (Å²) >= 11 is 18.5. The molecule has 32 heavy (non-hydrogen) atoms. The van der Waals surface area contributed by atoms with E-state index in [0.29, 0.717) is 32.3 Å². The molecular weight excluding hydrogens is 467 g/mol. The molecule has 1 N–H and O–H groups in total. The number of benzene rings is 3. The van der Waals surface area contributed by atoms with Crippen LogP contribution in [0.4, 0.5) is 5.69 Å². The Kier molecular flexibility index (Phi) is 7.59. The van der Waals surface area contributed by atoms with Crippen LogP contribution in [0.2, 0.25) is 15.1 Å². The summed E-state index contributed by atoms with van der Waals surface area (Å²) in [5.74, 6) is 1.16. The molecule has 3 aromatic carbocycles. The lowest BCUT2D eigenvalue weighted by atomic mass is 9.95. The number of amides is 1. The maximum atomic E-state index is 13.0. The van der Waals surface area contributed by atoms with Gasteiger partial charge in [-0.05, 0) is 74.0 Å². The third-order valence-corrected chi connectivity index (χ3v) is 6.36. The molecule has 0 unspecified atom stereocenters. The number of para-hydroxylation sites is 1. The number of likely N-dealkylation sites (tertiary alicyclic amines) is 1. The van der Waals surface area contributed by atoms with Crippen molar-refractivity contribution < 1.29 is 9.53 Å². The number of halogens is 3. The zero-order valence-corrected chi connectivity index (χ0v) is 19.6. The first-order valence-electron chi connectivity index (χ1n) is 10.5. The second-order valence-corrected chi connectivity index (χ2v) is 9.11. The lowest BCUT2D eigenvalue weighted by Crippen LogP contribution is -2.37. The lowest BCUT2D eigenvalue weighted by Gasteiger charge is -2.31. The summed E-state index contributed by atoms with van der Waals surface area (Å²) in [6, 6.07) is 20.2. The van der Waals surface area contributed by atoms with Crippen LogP contribution < -0.4 is 10.1 Å². The van der Waals surface area contributed by atoms with E-state index in [9.17, 15) is 4.79 Å². The molecule has 1 heterocycles. The maximum Gasteiger partial charge on any atom is 0.227 e. The number of nitrogens with zero attached hydrogens (tertiary/aromatic N) is 1. The fourth-order valence-corrected chi connectivity index (χ4v) is 4.42. The number of anilines is 1. The van der Waals surface area contributed by atoms with Crippen LogP contribution in [0.15, 0.2) is 66.7 Å². The van der Waals surface area contributed by atoms with Gasteiger partial charge in [-0.3, -0.25) is 9.69 Å². The Morgan fingerprint density at radius 1 is 0.938 bits per heavy atom. The van der Waals surface area contributed by atoms with Gasteiger partial charge in [0.25, 0.3) is 0 Å². The smallest absolute Gasteiger partial charge is 0.227 e. The molecule has 0 saturated carbocycles. The number of hydrogen-bond acceptors (Lipinski definition) is 3.